The lowest BCUT2D eigenvalue weighted by Gasteiger charge is -2.36. The summed E-state index contributed by atoms with van der Waals surface area (Å²) in [5, 5.41) is 16.6. The first-order valence-electron chi connectivity index (χ1n) is 6.70. The van der Waals surface area contributed by atoms with Gasteiger partial charge in [0, 0.05) is 19.0 Å². The number of anilines is 1. The highest BCUT2D eigenvalue weighted by atomic mass is 16.4. The molecule has 20 heavy (non-hydrogen) atoms. The normalized spacial score (nSPS) is 18.8. The van der Waals surface area contributed by atoms with Crippen LogP contribution in [-0.4, -0.2) is 39.8 Å². The summed E-state index contributed by atoms with van der Waals surface area (Å²) >= 11 is 0. The second-order valence-electron chi connectivity index (χ2n) is 4.92. The lowest BCUT2D eigenvalue weighted by atomic mass is 9.98. The van der Waals surface area contributed by atoms with Gasteiger partial charge >= 0.3 is 5.97 Å². The van der Waals surface area contributed by atoms with E-state index >= 15 is 0 Å². The molecule has 1 aliphatic rings. The maximum atomic E-state index is 11.0. The van der Waals surface area contributed by atoms with E-state index in [1.807, 2.05) is 0 Å². The molecule has 1 unspecified atom stereocenters. The summed E-state index contributed by atoms with van der Waals surface area (Å²) < 4.78 is 0. The Bertz CT molecular complexity index is 489. The Morgan fingerprint density at radius 3 is 2.75 bits per heavy atom. The van der Waals surface area contributed by atoms with Crippen molar-refractivity contribution in [3.05, 3.63) is 17.8 Å². The quantitative estimate of drug-likeness (QED) is 0.824. The van der Waals surface area contributed by atoms with Crippen LogP contribution in [0.3, 0.4) is 0 Å². The first kappa shape index (κ1) is 14.2. The van der Waals surface area contributed by atoms with Crippen molar-refractivity contribution in [1.29, 1.82) is 0 Å². The summed E-state index contributed by atoms with van der Waals surface area (Å²) in [6.07, 6.45) is 3.82. The molecule has 3 N–H and O–H groups in total. The minimum atomic E-state index is -0.786. The molecule has 0 saturated carbocycles. The highest BCUT2D eigenvalue weighted by Crippen LogP contribution is 2.25. The number of piperidine rings is 1. The number of carboxylic acid groups (broad SMARTS) is 1. The first-order chi connectivity index (χ1) is 9.58. The van der Waals surface area contributed by atoms with Crippen LogP contribution in [0.2, 0.25) is 0 Å². The third-order valence-corrected chi connectivity index (χ3v) is 3.52. The fourth-order valence-electron chi connectivity index (χ4n) is 2.50. The fraction of sp³-hybridized carbons (Fsp3) is 0.538. The van der Waals surface area contributed by atoms with Gasteiger partial charge in [-0.3, -0.25) is 9.59 Å². The van der Waals surface area contributed by atoms with Gasteiger partial charge in [0.05, 0.1) is 0 Å². The summed E-state index contributed by atoms with van der Waals surface area (Å²) in [5.41, 5.74) is 5.26. The number of carboxylic acids is 1. The zero-order valence-corrected chi connectivity index (χ0v) is 11.2. The van der Waals surface area contributed by atoms with Crippen molar-refractivity contribution in [3.8, 4) is 0 Å². The number of nitrogens with zero attached hydrogens (tertiary/aromatic N) is 3. The van der Waals surface area contributed by atoms with E-state index in [1.54, 1.807) is 12.1 Å². The number of carbonyl (C=O) groups excluding carboxylic acids is 1. The van der Waals surface area contributed by atoms with E-state index < -0.39 is 11.9 Å². The Kier molecular flexibility index (Phi) is 4.49. The smallest absolute Gasteiger partial charge is 0.303 e. The van der Waals surface area contributed by atoms with Gasteiger partial charge in [-0.1, -0.05) is 0 Å². The first-order valence-corrected chi connectivity index (χ1v) is 6.70. The standard InChI is InChI=1S/C13H18N4O3/c14-13(20)10-5-6-11(16-15-10)17-8-2-1-3-9(17)4-7-12(18)19/h5-6,9H,1-4,7-8H2,(H2,14,20)(H,18,19). The molecule has 0 aromatic carbocycles. The zero-order chi connectivity index (χ0) is 14.5. The number of carbonyl (C=O) groups is 2. The Morgan fingerprint density at radius 1 is 1.35 bits per heavy atom. The number of primary amides is 1. The average molecular weight is 278 g/mol. The largest absolute Gasteiger partial charge is 0.481 e. The molecule has 7 nitrogen and oxygen atoms in total. The summed E-state index contributed by atoms with van der Waals surface area (Å²) in [4.78, 5) is 23.8. The van der Waals surface area contributed by atoms with Crippen LogP contribution >= 0.6 is 0 Å². The molecule has 0 radical (unpaired) electrons. The molecule has 108 valence electrons. The molecule has 2 rings (SSSR count). The maximum Gasteiger partial charge on any atom is 0.303 e. The third-order valence-electron chi connectivity index (χ3n) is 3.52. The predicted octanol–water partition coefficient (Wildman–Crippen LogP) is 0.799. The van der Waals surface area contributed by atoms with Crippen LogP contribution < -0.4 is 10.6 Å². The Labute approximate surface area is 116 Å². The minimum absolute atomic E-state index is 0.132. The van der Waals surface area contributed by atoms with Crippen LogP contribution in [0.1, 0.15) is 42.6 Å². The third kappa shape index (κ3) is 3.43. The van der Waals surface area contributed by atoms with Crippen molar-refractivity contribution in [2.75, 3.05) is 11.4 Å². The molecule has 1 amide bonds. The van der Waals surface area contributed by atoms with Gasteiger partial charge in [-0.25, -0.2) is 0 Å². The van der Waals surface area contributed by atoms with Crippen LogP contribution in [0.4, 0.5) is 5.82 Å². The van der Waals surface area contributed by atoms with Crippen molar-refractivity contribution < 1.29 is 14.7 Å². The Balaban J connectivity index is 2.10. The van der Waals surface area contributed by atoms with Gasteiger partial charge in [-0.05, 0) is 37.8 Å². The number of rotatable bonds is 5. The van der Waals surface area contributed by atoms with E-state index in [9.17, 15) is 9.59 Å². The molecule has 1 saturated heterocycles. The van der Waals surface area contributed by atoms with E-state index in [2.05, 4.69) is 15.1 Å². The second-order valence-corrected chi connectivity index (χ2v) is 4.92. The SMILES string of the molecule is NC(=O)c1ccc(N2CCCCC2CCC(=O)O)nn1. The Hall–Kier alpha value is -2.18. The van der Waals surface area contributed by atoms with Gasteiger partial charge < -0.3 is 15.7 Å². The fourth-order valence-corrected chi connectivity index (χ4v) is 2.50. The van der Waals surface area contributed by atoms with Crippen LogP contribution in [0, 0.1) is 0 Å². The van der Waals surface area contributed by atoms with Crippen LogP contribution in [-0.2, 0) is 4.79 Å². The number of hydrogen-bond acceptors (Lipinski definition) is 5. The number of aromatic nitrogens is 2. The van der Waals surface area contributed by atoms with E-state index in [0.29, 0.717) is 12.2 Å². The summed E-state index contributed by atoms with van der Waals surface area (Å²) in [6, 6.07) is 3.42. The summed E-state index contributed by atoms with van der Waals surface area (Å²) in [5.74, 6) is -0.721. The molecule has 1 aromatic heterocycles. The minimum Gasteiger partial charge on any atom is -0.481 e. The number of amides is 1. The predicted molar refractivity (Wildman–Crippen MR) is 72.4 cm³/mol. The molecule has 2 heterocycles. The summed E-state index contributed by atoms with van der Waals surface area (Å²) in [6.45, 7) is 0.828. The topological polar surface area (TPSA) is 109 Å². The number of nitrogens with two attached hydrogens (primary N) is 1. The lowest BCUT2D eigenvalue weighted by Crippen LogP contribution is -2.40. The van der Waals surface area contributed by atoms with Gasteiger partial charge in [0.2, 0.25) is 0 Å². The van der Waals surface area contributed by atoms with Gasteiger partial charge in [-0.2, -0.15) is 0 Å². The molecule has 0 aliphatic carbocycles. The molecular weight excluding hydrogens is 260 g/mol. The molecule has 1 atom stereocenters. The van der Waals surface area contributed by atoms with Crippen LogP contribution in [0.5, 0.6) is 0 Å². The molecule has 0 spiro atoms. The van der Waals surface area contributed by atoms with Gasteiger partial charge in [0.25, 0.3) is 5.91 Å². The summed E-state index contributed by atoms with van der Waals surface area (Å²) in [7, 11) is 0. The van der Waals surface area contributed by atoms with Crippen molar-refractivity contribution in [3.63, 3.8) is 0 Å². The van der Waals surface area contributed by atoms with E-state index in [-0.39, 0.29) is 18.2 Å². The van der Waals surface area contributed by atoms with E-state index in [4.69, 9.17) is 10.8 Å². The number of hydrogen-bond donors (Lipinski definition) is 2. The maximum absolute atomic E-state index is 11.0. The van der Waals surface area contributed by atoms with Crippen LogP contribution in [0.15, 0.2) is 12.1 Å². The van der Waals surface area contributed by atoms with Crippen molar-refractivity contribution in [2.45, 2.75) is 38.1 Å². The molecule has 1 aromatic rings. The van der Waals surface area contributed by atoms with Gasteiger partial charge in [-0.15, -0.1) is 10.2 Å². The van der Waals surface area contributed by atoms with Crippen LogP contribution in [0.25, 0.3) is 0 Å². The molecule has 1 aliphatic heterocycles. The van der Waals surface area contributed by atoms with E-state index in [0.717, 1.165) is 25.8 Å². The zero-order valence-electron chi connectivity index (χ0n) is 11.2. The van der Waals surface area contributed by atoms with Gasteiger partial charge in [0.1, 0.15) is 0 Å². The Morgan fingerprint density at radius 2 is 2.15 bits per heavy atom. The number of aliphatic carboxylic acids is 1. The molecular formula is C13H18N4O3. The molecule has 7 heteroatoms. The monoisotopic (exact) mass is 278 g/mol. The molecule has 1 fully saturated rings. The van der Waals surface area contributed by atoms with Gasteiger partial charge in [0.15, 0.2) is 11.5 Å². The van der Waals surface area contributed by atoms with Crippen molar-refractivity contribution in [1.82, 2.24) is 10.2 Å². The highest BCUT2D eigenvalue weighted by Gasteiger charge is 2.24. The average Bonchev–Trinajstić information content (AvgIpc) is 2.45. The van der Waals surface area contributed by atoms with Crippen molar-refractivity contribution >= 4 is 17.7 Å². The lowest BCUT2D eigenvalue weighted by molar-refractivity contribution is -0.137. The second kappa shape index (κ2) is 6.31. The van der Waals surface area contributed by atoms with Crippen molar-refractivity contribution in [2.24, 2.45) is 5.73 Å². The highest BCUT2D eigenvalue weighted by molar-refractivity contribution is 5.90. The van der Waals surface area contributed by atoms with E-state index in [1.165, 1.54) is 0 Å². The molecule has 0 bridgehead atoms.